The van der Waals surface area contributed by atoms with Crippen molar-refractivity contribution in [2.45, 2.75) is 44.1 Å². The van der Waals surface area contributed by atoms with Gasteiger partial charge in [0.25, 0.3) is 5.56 Å². The van der Waals surface area contributed by atoms with Crippen LogP contribution >= 0.6 is 7.82 Å². The van der Waals surface area contributed by atoms with Gasteiger partial charge in [-0.2, -0.15) is 4.98 Å². The van der Waals surface area contributed by atoms with Crippen LogP contribution in [0.2, 0.25) is 0 Å². The number of aryl methyl sites for hydroxylation is 1. The lowest BCUT2D eigenvalue weighted by Crippen LogP contribution is -2.33. The number of aromatic amines is 1. The molecule has 0 aromatic carbocycles. The summed E-state index contributed by atoms with van der Waals surface area (Å²) in [6, 6.07) is 1.43. The van der Waals surface area contributed by atoms with Crippen molar-refractivity contribution in [2.75, 3.05) is 18.9 Å². The minimum atomic E-state index is -4.65. The van der Waals surface area contributed by atoms with Crippen LogP contribution in [-0.2, 0) is 23.1 Å². The van der Waals surface area contributed by atoms with E-state index < -0.39 is 62.1 Å². The van der Waals surface area contributed by atoms with Crippen LogP contribution in [0, 0.1) is 6.92 Å². The number of nitrogens with one attached hydrogen (secondary N) is 1. The van der Waals surface area contributed by atoms with Crippen molar-refractivity contribution < 1.29 is 33.1 Å². The van der Waals surface area contributed by atoms with Crippen LogP contribution in [0.3, 0.4) is 0 Å². The number of H-pyrrole nitrogens is 1. The molecule has 2 aromatic heterocycles. The van der Waals surface area contributed by atoms with E-state index in [4.69, 9.17) is 24.3 Å². The fourth-order valence-electron chi connectivity index (χ4n) is 3.68. The number of nitrogens with two attached hydrogens (primary N) is 1. The van der Waals surface area contributed by atoms with E-state index >= 15 is 0 Å². The number of anilines is 1. The smallest absolute Gasteiger partial charge is 0.394 e. The number of nitrogens with zero attached hydrogens (tertiary/aromatic N) is 3. The van der Waals surface area contributed by atoms with Gasteiger partial charge in [0.2, 0.25) is 0 Å². The lowest BCUT2D eigenvalue weighted by atomic mass is 10.2. The number of phosphoric ester groups is 1. The molecule has 0 bridgehead atoms. The molecular weight excluding hydrogens is 489 g/mol. The van der Waals surface area contributed by atoms with Gasteiger partial charge in [-0.25, -0.2) is 14.2 Å². The molecule has 1 unspecified atom stereocenters. The molecule has 1 fully saturated rings. The van der Waals surface area contributed by atoms with E-state index in [1.165, 1.54) is 30.0 Å². The zero-order chi connectivity index (χ0) is 25.3. The normalized spacial score (nSPS) is 27.8. The Bertz CT molecular complexity index is 1340. The largest absolute Gasteiger partial charge is 0.472 e. The maximum absolute atomic E-state index is 12.5. The van der Waals surface area contributed by atoms with E-state index in [0.29, 0.717) is 0 Å². The molecule has 5 N–H and O–H groups in total. The van der Waals surface area contributed by atoms with Crippen molar-refractivity contribution in [3.8, 4) is 0 Å². The van der Waals surface area contributed by atoms with Crippen LogP contribution in [0.1, 0.15) is 24.4 Å². The first-order valence-corrected chi connectivity index (χ1v) is 12.0. The Kier molecular flexibility index (Phi) is 7.19. The minimum Gasteiger partial charge on any atom is -0.394 e. The van der Waals surface area contributed by atoms with E-state index in [-0.39, 0.29) is 24.4 Å². The highest BCUT2D eigenvalue weighted by atomic mass is 31.2. The average molecular weight is 513 g/mol. The van der Waals surface area contributed by atoms with Gasteiger partial charge in [-0.15, -0.1) is 0 Å². The fourth-order valence-corrected chi connectivity index (χ4v) is 4.64. The van der Waals surface area contributed by atoms with Crippen molar-refractivity contribution in [3.05, 3.63) is 67.5 Å². The number of ether oxygens (including phenoxy) is 2. The third-order valence-electron chi connectivity index (χ3n) is 5.42. The van der Waals surface area contributed by atoms with Crippen LogP contribution < -0.4 is 22.7 Å². The predicted octanol–water partition coefficient (Wildman–Crippen LogP) is -1.08. The number of hydrogen-bond donors (Lipinski definition) is 4. The van der Waals surface area contributed by atoms with Crippen molar-refractivity contribution in [1.82, 2.24) is 19.1 Å². The predicted molar refractivity (Wildman–Crippen MR) is 118 cm³/mol. The molecule has 2 aromatic rings. The zero-order valence-corrected chi connectivity index (χ0v) is 19.3. The Morgan fingerprint density at radius 2 is 2.06 bits per heavy atom. The number of aliphatic hydroxyl groups is 1. The van der Waals surface area contributed by atoms with Crippen molar-refractivity contribution in [2.24, 2.45) is 0 Å². The summed E-state index contributed by atoms with van der Waals surface area (Å²) in [6.45, 7) is 0.567. The quantitative estimate of drug-likeness (QED) is 0.245. The lowest BCUT2D eigenvalue weighted by Gasteiger charge is -2.21. The second-order valence-corrected chi connectivity index (χ2v) is 9.33. The first-order valence-electron chi connectivity index (χ1n) is 10.5. The van der Waals surface area contributed by atoms with Gasteiger partial charge in [0.15, 0.2) is 6.23 Å². The summed E-state index contributed by atoms with van der Waals surface area (Å²) in [5.74, 6) is 0.0614. The number of phosphoric acid groups is 1. The first kappa shape index (κ1) is 25.2. The van der Waals surface area contributed by atoms with Crippen molar-refractivity contribution in [3.63, 3.8) is 0 Å². The summed E-state index contributed by atoms with van der Waals surface area (Å²) in [5, 5.41) is 9.61. The Labute approximate surface area is 197 Å². The van der Waals surface area contributed by atoms with E-state index in [2.05, 4.69) is 9.97 Å². The third-order valence-corrected chi connectivity index (χ3v) is 6.43. The molecule has 0 spiro atoms. The average Bonchev–Trinajstić information content (AvgIpc) is 3.41. The van der Waals surface area contributed by atoms with Crippen molar-refractivity contribution in [1.29, 1.82) is 0 Å². The van der Waals surface area contributed by atoms with Gasteiger partial charge in [-0.3, -0.25) is 28.0 Å². The van der Waals surface area contributed by atoms with Gasteiger partial charge in [0.05, 0.1) is 13.2 Å². The molecule has 2 aliphatic rings. The van der Waals surface area contributed by atoms with Gasteiger partial charge in [-0.05, 0) is 19.1 Å². The maximum atomic E-state index is 12.5. The minimum absolute atomic E-state index is 0.0614. The molecule has 0 saturated carbocycles. The van der Waals surface area contributed by atoms with Crippen LogP contribution in [0.15, 0.2) is 45.0 Å². The third kappa shape index (κ3) is 5.67. The highest BCUT2D eigenvalue weighted by molar-refractivity contribution is 7.47. The highest BCUT2D eigenvalue weighted by Crippen LogP contribution is 2.48. The molecule has 190 valence electrons. The molecule has 0 aliphatic carbocycles. The number of hydrogen-bond acceptors (Lipinski definition) is 11. The summed E-state index contributed by atoms with van der Waals surface area (Å²) < 4.78 is 36.3. The molecule has 0 radical (unpaired) electrons. The molecule has 4 heterocycles. The number of rotatable bonds is 8. The Morgan fingerprint density at radius 3 is 2.77 bits per heavy atom. The molecule has 1 saturated heterocycles. The van der Waals surface area contributed by atoms with Gasteiger partial charge < -0.3 is 25.2 Å². The van der Waals surface area contributed by atoms with Gasteiger partial charge in [0, 0.05) is 24.4 Å². The molecular formula is C19H24N5O10P. The van der Waals surface area contributed by atoms with Crippen LogP contribution in [0.5, 0.6) is 0 Å². The Balaban J connectivity index is 1.36. The lowest BCUT2D eigenvalue weighted by molar-refractivity contribution is -0.0492. The fraction of sp³-hybridized carbons (Fsp3) is 0.474. The van der Waals surface area contributed by atoms with Crippen LogP contribution in [0.4, 0.5) is 5.82 Å². The molecule has 2 aliphatic heterocycles. The SMILES string of the molecule is Cc1cn([C@H]2C[C@H](OP(=O)(O)OC[C@@H]3C=C[C@H](n4ccc(N)nc4=O)O3)[C@@H](CO)O2)c(=O)[nH]c1=O. The summed E-state index contributed by atoms with van der Waals surface area (Å²) in [4.78, 5) is 51.6. The first-order chi connectivity index (χ1) is 16.6. The van der Waals surface area contributed by atoms with Gasteiger partial charge in [0.1, 0.15) is 30.4 Å². The standard InChI is InChI=1S/C19H24N5O10P/c1-10-7-24(19(28)22-17(10)26)16-6-12(13(8-25)33-16)34-35(29,30)31-9-11-2-3-15(32-11)23-5-4-14(20)21-18(23)27/h2-5,7,11-13,15-16,25H,6,8-9H2,1H3,(H,29,30)(H2,20,21,27)(H,22,26,28)/t11-,12-,13+,15+,16+/m0/s1. The zero-order valence-electron chi connectivity index (χ0n) is 18.4. The second kappa shape index (κ2) is 9.99. The molecule has 0 amide bonds. The molecule has 35 heavy (non-hydrogen) atoms. The molecule has 6 atom stereocenters. The number of aliphatic hydroxyl groups excluding tert-OH is 1. The van der Waals surface area contributed by atoms with Crippen molar-refractivity contribution >= 4 is 13.6 Å². The van der Waals surface area contributed by atoms with E-state index in [0.717, 1.165) is 4.57 Å². The highest BCUT2D eigenvalue weighted by Gasteiger charge is 2.42. The Morgan fingerprint density at radius 1 is 1.29 bits per heavy atom. The summed E-state index contributed by atoms with van der Waals surface area (Å²) >= 11 is 0. The summed E-state index contributed by atoms with van der Waals surface area (Å²) in [6.07, 6.45) is 1.09. The molecule has 15 nitrogen and oxygen atoms in total. The number of aromatic nitrogens is 4. The van der Waals surface area contributed by atoms with E-state index in [9.17, 15) is 28.9 Å². The Hall–Kier alpha value is -2.91. The van der Waals surface area contributed by atoms with Crippen LogP contribution in [-0.4, -0.2) is 60.6 Å². The summed E-state index contributed by atoms with van der Waals surface area (Å²) in [5.41, 5.74) is 3.82. The number of nitrogen functional groups attached to an aromatic ring is 1. The van der Waals surface area contributed by atoms with Crippen LogP contribution in [0.25, 0.3) is 0 Å². The van der Waals surface area contributed by atoms with E-state index in [1.807, 2.05) is 0 Å². The molecule has 16 heteroatoms. The topological polar surface area (TPSA) is 210 Å². The summed E-state index contributed by atoms with van der Waals surface area (Å²) in [7, 11) is -4.65. The molecule has 4 rings (SSSR count). The monoisotopic (exact) mass is 513 g/mol. The second-order valence-electron chi connectivity index (χ2n) is 7.93. The maximum Gasteiger partial charge on any atom is 0.472 e. The van der Waals surface area contributed by atoms with Gasteiger partial charge >= 0.3 is 19.2 Å². The van der Waals surface area contributed by atoms with Gasteiger partial charge in [-0.1, -0.05) is 6.08 Å². The van der Waals surface area contributed by atoms with E-state index in [1.54, 1.807) is 12.2 Å².